The SMILES string of the molecule is CCCNC(=O)c1csc(NC(C)=O)n1. The first-order chi connectivity index (χ1) is 7.13. The Morgan fingerprint density at radius 2 is 2.27 bits per heavy atom. The lowest BCUT2D eigenvalue weighted by Gasteiger charge is -1.98. The maximum atomic E-state index is 11.4. The number of anilines is 1. The number of nitrogens with one attached hydrogen (secondary N) is 2. The van der Waals surface area contributed by atoms with E-state index >= 15 is 0 Å². The largest absolute Gasteiger partial charge is 0.351 e. The van der Waals surface area contributed by atoms with E-state index in [-0.39, 0.29) is 11.8 Å². The summed E-state index contributed by atoms with van der Waals surface area (Å²) in [5.74, 6) is -0.394. The molecule has 0 atom stereocenters. The van der Waals surface area contributed by atoms with Crippen molar-refractivity contribution < 1.29 is 9.59 Å². The molecule has 0 aliphatic heterocycles. The van der Waals surface area contributed by atoms with Gasteiger partial charge in [-0.1, -0.05) is 6.92 Å². The van der Waals surface area contributed by atoms with Gasteiger partial charge in [-0.25, -0.2) is 4.98 Å². The molecule has 6 heteroatoms. The first kappa shape index (κ1) is 11.6. The number of carbonyl (C=O) groups is 2. The number of thiazole rings is 1. The van der Waals surface area contributed by atoms with Gasteiger partial charge in [-0.3, -0.25) is 9.59 Å². The molecule has 82 valence electrons. The molecule has 0 saturated heterocycles. The summed E-state index contributed by atoms with van der Waals surface area (Å²) in [6.45, 7) is 4.01. The van der Waals surface area contributed by atoms with Gasteiger partial charge in [0.25, 0.3) is 5.91 Å². The average molecular weight is 227 g/mol. The molecule has 5 nitrogen and oxygen atoms in total. The number of carbonyl (C=O) groups excluding carboxylic acids is 2. The van der Waals surface area contributed by atoms with Crippen LogP contribution in [0.3, 0.4) is 0 Å². The summed E-state index contributed by atoms with van der Waals surface area (Å²) in [7, 11) is 0. The van der Waals surface area contributed by atoms with Crippen molar-refractivity contribution >= 4 is 28.3 Å². The predicted molar refractivity (Wildman–Crippen MR) is 59.0 cm³/mol. The predicted octanol–water partition coefficient (Wildman–Crippen LogP) is 1.24. The van der Waals surface area contributed by atoms with Crippen molar-refractivity contribution in [1.29, 1.82) is 0 Å². The van der Waals surface area contributed by atoms with E-state index in [0.29, 0.717) is 17.4 Å². The highest BCUT2D eigenvalue weighted by Gasteiger charge is 2.10. The molecule has 1 rings (SSSR count). The maximum absolute atomic E-state index is 11.4. The summed E-state index contributed by atoms with van der Waals surface area (Å²) in [4.78, 5) is 26.1. The van der Waals surface area contributed by atoms with Gasteiger partial charge >= 0.3 is 0 Å². The van der Waals surface area contributed by atoms with Crippen LogP contribution < -0.4 is 10.6 Å². The van der Waals surface area contributed by atoms with Crippen LogP contribution in [0.25, 0.3) is 0 Å². The molecule has 0 saturated carbocycles. The minimum atomic E-state index is -0.204. The third-order valence-corrected chi connectivity index (χ3v) is 2.31. The Hall–Kier alpha value is -1.43. The van der Waals surface area contributed by atoms with Crippen LogP contribution in [-0.2, 0) is 4.79 Å². The zero-order valence-corrected chi connectivity index (χ0v) is 9.48. The smallest absolute Gasteiger partial charge is 0.270 e. The summed E-state index contributed by atoms with van der Waals surface area (Å²) in [6.07, 6.45) is 0.883. The molecule has 0 aromatic carbocycles. The number of hydrogen-bond acceptors (Lipinski definition) is 4. The van der Waals surface area contributed by atoms with Gasteiger partial charge in [0.1, 0.15) is 5.69 Å². The Balaban J connectivity index is 2.59. The van der Waals surface area contributed by atoms with Crippen molar-refractivity contribution in [1.82, 2.24) is 10.3 Å². The fraction of sp³-hybridized carbons (Fsp3) is 0.444. The van der Waals surface area contributed by atoms with E-state index in [2.05, 4.69) is 15.6 Å². The van der Waals surface area contributed by atoms with E-state index < -0.39 is 0 Å². The first-order valence-corrected chi connectivity index (χ1v) is 5.52. The second-order valence-corrected chi connectivity index (χ2v) is 3.83. The van der Waals surface area contributed by atoms with Crippen molar-refractivity contribution in [3.05, 3.63) is 11.1 Å². The van der Waals surface area contributed by atoms with Gasteiger partial charge in [0.05, 0.1) is 0 Å². The first-order valence-electron chi connectivity index (χ1n) is 4.64. The van der Waals surface area contributed by atoms with Gasteiger partial charge in [0, 0.05) is 18.8 Å². The molecule has 0 fully saturated rings. The lowest BCUT2D eigenvalue weighted by molar-refractivity contribution is -0.114. The van der Waals surface area contributed by atoms with Crippen LogP contribution in [0.4, 0.5) is 5.13 Å². The number of aromatic nitrogens is 1. The van der Waals surface area contributed by atoms with Crippen LogP contribution in [0.5, 0.6) is 0 Å². The monoisotopic (exact) mass is 227 g/mol. The minimum Gasteiger partial charge on any atom is -0.351 e. The van der Waals surface area contributed by atoms with Gasteiger partial charge in [-0.05, 0) is 6.42 Å². The van der Waals surface area contributed by atoms with E-state index in [1.165, 1.54) is 18.3 Å². The van der Waals surface area contributed by atoms with Crippen molar-refractivity contribution in [2.75, 3.05) is 11.9 Å². The highest BCUT2D eigenvalue weighted by Crippen LogP contribution is 2.14. The second-order valence-electron chi connectivity index (χ2n) is 2.97. The quantitative estimate of drug-likeness (QED) is 0.813. The lowest BCUT2D eigenvalue weighted by Crippen LogP contribution is -2.24. The standard InChI is InChI=1S/C9H13N3O2S/c1-3-4-10-8(14)7-5-15-9(12-7)11-6(2)13/h5H,3-4H2,1-2H3,(H,10,14)(H,11,12,13). The van der Waals surface area contributed by atoms with Gasteiger partial charge in [0.2, 0.25) is 5.91 Å². The highest BCUT2D eigenvalue weighted by atomic mass is 32.1. The molecule has 15 heavy (non-hydrogen) atoms. The van der Waals surface area contributed by atoms with Crippen LogP contribution in [0.15, 0.2) is 5.38 Å². The molecule has 0 unspecified atom stereocenters. The van der Waals surface area contributed by atoms with Crippen molar-refractivity contribution in [3.63, 3.8) is 0 Å². The Morgan fingerprint density at radius 3 is 2.87 bits per heavy atom. The zero-order valence-electron chi connectivity index (χ0n) is 8.66. The lowest BCUT2D eigenvalue weighted by atomic mass is 10.4. The fourth-order valence-corrected chi connectivity index (χ4v) is 1.65. The molecule has 0 spiro atoms. The van der Waals surface area contributed by atoms with Gasteiger partial charge in [-0.2, -0.15) is 0 Å². The third kappa shape index (κ3) is 3.67. The second kappa shape index (κ2) is 5.45. The molecule has 1 heterocycles. The molecule has 0 aliphatic rings. The van der Waals surface area contributed by atoms with E-state index in [0.717, 1.165) is 6.42 Å². The van der Waals surface area contributed by atoms with Gasteiger partial charge in [0.15, 0.2) is 5.13 Å². The van der Waals surface area contributed by atoms with E-state index in [9.17, 15) is 9.59 Å². The maximum Gasteiger partial charge on any atom is 0.270 e. The summed E-state index contributed by atoms with van der Waals surface area (Å²) < 4.78 is 0. The highest BCUT2D eigenvalue weighted by molar-refractivity contribution is 7.14. The molecule has 2 N–H and O–H groups in total. The molecule has 1 aromatic heterocycles. The summed E-state index contributed by atoms with van der Waals surface area (Å²) >= 11 is 1.24. The van der Waals surface area contributed by atoms with Crippen LogP contribution >= 0.6 is 11.3 Å². The van der Waals surface area contributed by atoms with Crippen molar-refractivity contribution in [2.45, 2.75) is 20.3 Å². The number of nitrogens with zero attached hydrogens (tertiary/aromatic N) is 1. The van der Waals surface area contributed by atoms with E-state index in [1.807, 2.05) is 6.92 Å². The third-order valence-electron chi connectivity index (χ3n) is 1.56. The topological polar surface area (TPSA) is 71.1 Å². The van der Waals surface area contributed by atoms with E-state index in [4.69, 9.17) is 0 Å². The van der Waals surface area contributed by atoms with Gasteiger partial charge < -0.3 is 10.6 Å². The van der Waals surface area contributed by atoms with Crippen LogP contribution in [0.1, 0.15) is 30.8 Å². The summed E-state index contributed by atoms with van der Waals surface area (Å²) in [5.41, 5.74) is 0.345. The summed E-state index contributed by atoms with van der Waals surface area (Å²) in [6, 6.07) is 0. The Kier molecular flexibility index (Phi) is 4.23. The van der Waals surface area contributed by atoms with Crippen LogP contribution in [0.2, 0.25) is 0 Å². The van der Waals surface area contributed by atoms with Crippen molar-refractivity contribution in [2.24, 2.45) is 0 Å². The Bertz CT molecular complexity index is 362. The van der Waals surface area contributed by atoms with Crippen molar-refractivity contribution in [3.8, 4) is 0 Å². The number of amides is 2. The van der Waals surface area contributed by atoms with Crippen LogP contribution in [-0.4, -0.2) is 23.3 Å². The molecule has 2 amide bonds. The van der Waals surface area contributed by atoms with Gasteiger partial charge in [-0.15, -0.1) is 11.3 Å². The minimum absolute atomic E-state index is 0.190. The Labute approximate surface area is 91.9 Å². The molecule has 0 radical (unpaired) electrons. The summed E-state index contributed by atoms with van der Waals surface area (Å²) in [5, 5.41) is 7.30. The molecule has 1 aromatic rings. The Morgan fingerprint density at radius 1 is 1.53 bits per heavy atom. The molecule has 0 bridgehead atoms. The fourth-order valence-electron chi connectivity index (χ4n) is 0.915. The molecular weight excluding hydrogens is 214 g/mol. The zero-order chi connectivity index (χ0) is 11.3. The normalized spacial score (nSPS) is 9.73. The van der Waals surface area contributed by atoms with E-state index in [1.54, 1.807) is 5.38 Å². The molecule has 0 aliphatic carbocycles. The molecular formula is C9H13N3O2S. The van der Waals surface area contributed by atoms with Crippen LogP contribution in [0, 0.1) is 0 Å². The number of hydrogen-bond donors (Lipinski definition) is 2. The average Bonchev–Trinajstić information content (AvgIpc) is 2.61. The number of rotatable bonds is 4.